The monoisotopic (exact) mass is 458 g/mol. The minimum absolute atomic E-state index is 0.0760. The number of nitrogens with zero attached hydrogens (tertiary/aromatic N) is 2. The molecule has 0 fully saturated rings. The Morgan fingerprint density at radius 3 is 2.21 bits per heavy atom. The van der Waals surface area contributed by atoms with Crippen LogP contribution in [0.5, 0.6) is 0 Å². The highest BCUT2D eigenvalue weighted by Gasteiger charge is 2.32. The highest BCUT2D eigenvalue weighted by molar-refractivity contribution is 5.98. The molecule has 0 aliphatic rings. The van der Waals surface area contributed by atoms with Crippen molar-refractivity contribution in [2.45, 2.75) is 46.6 Å². The van der Waals surface area contributed by atoms with Crippen molar-refractivity contribution in [1.82, 2.24) is 4.90 Å². The van der Waals surface area contributed by atoms with E-state index in [1.807, 2.05) is 35.2 Å². The molecule has 0 bridgehead atoms. The first-order valence-corrected chi connectivity index (χ1v) is 12.2. The number of carbonyl (C=O) groups is 1. The van der Waals surface area contributed by atoms with Crippen molar-refractivity contribution in [2.75, 3.05) is 31.8 Å². The molecule has 3 aromatic rings. The maximum absolute atomic E-state index is 14.3. The summed E-state index contributed by atoms with van der Waals surface area (Å²) in [7, 11) is 1.69. The quantitative estimate of drug-likeness (QED) is 0.319. The first kappa shape index (κ1) is 25.7. The van der Waals surface area contributed by atoms with Crippen LogP contribution in [0.15, 0.2) is 72.8 Å². The van der Waals surface area contributed by atoms with E-state index in [0.717, 1.165) is 30.6 Å². The average molecular weight is 459 g/mol. The van der Waals surface area contributed by atoms with Gasteiger partial charge in [0.25, 0.3) is 0 Å². The molecule has 4 heteroatoms. The molecule has 0 aromatic heterocycles. The Labute approximate surface area is 205 Å². The topological polar surface area (TPSA) is 32.8 Å². The average Bonchev–Trinajstić information content (AvgIpc) is 2.84. The fraction of sp³-hybridized carbons (Fsp3) is 0.367. The Hall–Kier alpha value is -2.95. The summed E-state index contributed by atoms with van der Waals surface area (Å²) >= 11 is 0. The van der Waals surface area contributed by atoms with Crippen LogP contribution in [0.2, 0.25) is 0 Å². The molecule has 1 atom stereocenters. The zero-order valence-corrected chi connectivity index (χ0v) is 21.3. The van der Waals surface area contributed by atoms with Crippen molar-refractivity contribution < 1.29 is 9.53 Å². The minimum Gasteiger partial charge on any atom is -0.369 e. The number of ether oxygens (including phenoxy) is 1. The summed E-state index contributed by atoms with van der Waals surface area (Å²) in [6.07, 6.45) is 1.73. The number of anilines is 1. The number of carbonyl (C=O) groups excluding carboxylic acids is 1. The summed E-state index contributed by atoms with van der Waals surface area (Å²) < 4.78 is 5.53. The van der Waals surface area contributed by atoms with Gasteiger partial charge in [0, 0.05) is 25.9 Å². The molecule has 1 amide bonds. The maximum Gasteiger partial charge on any atom is 0.249 e. The van der Waals surface area contributed by atoms with Gasteiger partial charge in [-0.1, -0.05) is 73.2 Å². The lowest BCUT2D eigenvalue weighted by molar-refractivity contribution is -0.126. The summed E-state index contributed by atoms with van der Waals surface area (Å²) in [4.78, 5) is 18.4. The normalized spacial score (nSPS) is 12.1. The largest absolute Gasteiger partial charge is 0.369 e. The molecule has 0 N–H and O–H groups in total. The number of amides is 1. The number of rotatable bonds is 11. The van der Waals surface area contributed by atoms with Gasteiger partial charge in [-0.25, -0.2) is 0 Å². The van der Waals surface area contributed by atoms with Crippen LogP contribution >= 0.6 is 0 Å². The van der Waals surface area contributed by atoms with Gasteiger partial charge < -0.3 is 9.64 Å². The van der Waals surface area contributed by atoms with Gasteiger partial charge in [0.2, 0.25) is 5.91 Å². The van der Waals surface area contributed by atoms with Gasteiger partial charge in [0.15, 0.2) is 0 Å². The van der Waals surface area contributed by atoms with E-state index in [4.69, 9.17) is 4.74 Å². The third-order valence-electron chi connectivity index (χ3n) is 6.33. The van der Waals surface area contributed by atoms with Crippen molar-refractivity contribution in [3.8, 4) is 0 Å². The third-order valence-corrected chi connectivity index (χ3v) is 6.33. The molecule has 0 radical (unpaired) electrons. The van der Waals surface area contributed by atoms with E-state index in [1.165, 1.54) is 22.3 Å². The molecule has 0 aliphatic carbocycles. The van der Waals surface area contributed by atoms with E-state index in [1.54, 1.807) is 7.11 Å². The molecule has 180 valence electrons. The SMILES string of the molecule is CCCN(COC)C(C(=O)N(CCc1ccc(C)cc1)c1ccc(C)c(C)c1)c1ccccc1. The van der Waals surface area contributed by atoms with Crippen LogP contribution in [0.4, 0.5) is 5.69 Å². The van der Waals surface area contributed by atoms with Gasteiger partial charge in [-0.3, -0.25) is 9.69 Å². The van der Waals surface area contributed by atoms with E-state index in [2.05, 4.69) is 75.1 Å². The highest BCUT2D eigenvalue weighted by atomic mass is 16.5. The standard InChI is InChI=1S/C30H38N2O2/c1-6-19-31(22-34-5)29(27-10-8-7-9-11-27)30(33)32(28-17-14-24(3)25(4)21-28)20-18-26-15-12-23(2)13-16-26/h7-17,21,29H,6,18-20,22H2,1-5H3. The Kier molecular flexibility index (Phi) is 9.43. The van der Waals surface area contributed by atoms with E-state index in [9.17, 15) is 4.79 Å². The first-order chi connectivity index (χ1) is 16.4. The van der Waals surface area contributed by atoms with Gasteiger partial charge in [-0.2, -0.15) is 0 Å². The molecule has 0 heterocycles. The van der Waals surface area contributed by atoms with Crippen LogP contribution in [0, 0.1) is 20.8 Å². The zero-order valence-electron chi connectivity index (χ0n) is 21.3. The van der Waals surface area contributed by atoms with Gasteiger partial charge >= 0.3 is 0 Å². The summed E-state index contributed by atoms with van der Waals surface area (Å²) in [5.74, 6) is 0.0760. The Balaban J connectivity index is 2.01. The summed E-state index contributed by atoms with van der Waals surface area (Å²) in [5.41, 5.74) is 6.80. The molecular formula is C30H38N2O2. The van der Waals surface area contributed by atoms with Crippen LogP contribution < -0.4 is 4.90 Å². The van der Waals surface area contributed by atoms with E-state index < -0.39 is 6.04 Å². The summed E-state index contributed by atoms with van der Waals surface area (Å²) in [6, 6.07) is 24.5. The number of hydrogen-bond donors (Lipinski definition) is 0. The first-order valence-electron chi connectivity index (χ1n) is 12.2. The Bertz CT molecular complexity index is 1040. The molecule has 1 unspecified atom stereocenters. The molecule has 0 saturated heterocycles. The van der Waals surface area contributed by atoms with Crippen molar-refractivity contribution >= 4 is 11.6 Å². The van der Waals surface area contributed by atoms with E-state index in [-0.39, 0.29) is 5.91 Å². The smallest absolute Gasteiger partial charge is 0.249 e. The zero-order chi connectivity index (χ0) is 24.5. The van der Waals surface area contributed by atoms with Gasteiger partial charge in [-0.05, 0) is 68.0 Å². The van der Waals surface area contributed by atoms with Gasteiger partial charge in [0.05, 0.1) is 6.73 Å². The number of hydrogen-bond acceptors (Lipinski definition) is 3. The Morgan fingerprint density at radius 1 is 0.882 bits per heavy atom. The van der Waals surface area contributed by atoms with Crippen LogP contribution in [0.3, 0.4) is 0 Å². The predicted molar refractivity (Wildman–Crippen MR) is 141 cm³/mol. The molecule has 0 spiro atoms. The lowest BCUT2D eigenvalue weighted by atomic mass is 10.0. The summed E-state index contributed by atoms with van der Waals surface area (Å²) in [5, 5.41) is 0. The molecule has 3 rings (SSSR count). The minimum atomic E-state index is -0.416. The van der Waals surface area contributed by atoms with Crippen LogP contribution in [-0.2, 0) is 16.0 Å². The fourth-order valence-electron chi connectivity index (χ4n) is 4.27. The van der Waals surface area contributed by atoms with Crippen LogP contribution in [0.25, 0.3) is 0 Å². The molecular weight excluding hydrogens is 420 g/mol. The third kappa shape index (κ3) is 6.55. The highest BCUT2D eigenvalue weighted by Crippen LogP contribution is 2.28. The number of methoxy groups -OCH3 is 1. The van der Waals surface area contributed by atoms with Crippen LogP contribution in [-0.4, -0.2) is 37.7 Å². The lowest BCUT2D eigenvalue weighted by Gasteiger charge is -2.35. The lowest BCUT2D eigenvalue weighted by Crippen LogP contribution is -2.45. The van der Waals surface area contributed by atoms with E-state index >= 15 is 0 Å². The molecule has 4 nitrogen and oxygen atoms in total. The van der Waals surface area contributed by atoms with E-state index in [0.29, 0.717) is 13.3 Å². The van der Waals surface area contributed by atoms with Crippen molar-refractivity contribution in [1.29, 1.82) is 0 Å². The molecule has 0 aliphatic heterocycles. The molecule has 3 aromatic carbocycles. The van der Waals surface area contributed by atoms with Crippen molar-refractivity contribution in [3.63, 3.8) is 0 Å². The maximum atomic E-state index is 14.3. The second-order valence-corrected chi connectivity index (χ2v) is 9.04. The molecule has 34 heavy (non-hydrogen) atoms. The van der Waals surface area contributed by atoms with Gasteiger partial charge in [0.1, 0.15) is 6.04 Å². The fourth-order valence-corrected chi connectivity index (χ4v) is 4.27. The number of aryl methyl sites for hydroxylation is 3. The van der Waals surface area contributed by atoms with Crippen molar-refractivity contribution in [3.05, 3.63) is 101 Å². The second kappa shape index (κ2) is 12.5. The number of benzene rings is 3. The van der Waals surface area contributed by atoms with Crippen LogP contribution in [0.1, 0.15) is 47.2 Å². The Morgan fingerprint density at radius 2 is 1.59 bits per heavy atom. The summed E-state index contributed by atoms with van der Waals surface area (Å²) in [6.45, 7) is 10.2. The predicted octanol–water partition coefficient (Wildman–Crippen LogP) is 6.24. The second-order valence-electron chi connectivity index (χ2n) is 9.04. The van der Waals surface area contributed by atoms with Gasteiger partial charge in [-0.15, -0.1) is 0 Å². The molecule has 0 saturated carbocycles. The van der Waals surface area contributed by atoms with Crippen molar-refractivity contribution in [2.24, 2.45) is 0 Å².